The molecular weight excluding hydrogens is 376 g/mol. The Morgan fingerprint density at radius 2 is 1.83 bits per heavy atom. The zero-order valence-electron chi connectivity index (χ0n) is 17.2. The number of nitrogens with zero attached hydrogens (tertiary/aromatic N) is 1. The number of carbonyl (C=O) groups excluding carboxylic acids is 2. The maximum atomic E-state index is 12.8. The van der Waals surface area contributed by atoms with Crippen LogP contribution in [0.4, 0.5) is 5.69 Å². The van der Waals surface area contributed by atoms with Gasteiger partial charge in [0.1, 0.15) is 12.3 Å². The zero-order valence-corrected chi connectivity index (χ0v) is 17.2. The van der Waals surface area contributed by atoms with Crippen LogP contribution in [-0.4, -0.2) is 31.5 Å². The molecule has 0 radical (unpaired) electrons. The lowest BCUT2D eigenvalue weighted by atomic mass is 10.1. The van der Waals surface area contributed by atoms with Crippen molar-refractivity contribution in [2.24, 2.45) is 0 Å². The van der Waals surface area contributed by atoms with E-state index in [0.717, 1.165) is 47.0 Å². The number of benzene rings is 3. The Labute approximate surface area is 176 Å². The van der Waals surface area contributed by atoms with E-state index in [1.54, 1.807) is 4.90 Å². The van der Waals surface area contributed by atoms with Gasteiger partial charge in [0.25, 0.3) is 5.91 Å². The molecule has 0 aromatic heterocycles. The summed E-state index contributed by atoms with van der Waals surface area (Å²) in [6.45, 7) is 3.37. The van der Waals surface area contributed by atoms with Crippen molar-refractivity contribution in [3.8, 4) is 5.75 Å². The first-order chi connectivity index (χ1) is 14.7. The van der Waals surface area contributed by atoms with Gasteiger partial charge < -0.3 is 10.1 Å². The van der Waals surface area contributed by atoms with Gasteiger partial charge in [-0.2, -0.15) is 0 Å². The van der Waals surface area contributed by atoms with Gasteiger partial charge >= 0.3 is 0 Å². The minimum Gasteiger partial charge on any atom is -0.493 e. The lowest BCUT2D eigenvalue weighted by molar-refractivity contribution is -0.119. The van der Waals surface area contributed by atoms with Gasteiger partial charge in [-0.25, -0.2) is 0 Å². The second-order valence-electron chi connectivity index (χ2n) is 7.48. The molecule has 0 atom stereocenters. The number of hydrogen-bond acceptors (Lipinski definition) is 3. The van der Waals surface area contributed by atoms with E-state index in [-0.39, 0.29) is 18.4 Å². The number of hydrogen-bond donors (Lipinski definition) is 1. The van der Waals surface area contributed by atoms with E-state index in [1.165, 1.54) is 0 Å². The molecule has 1 heterocycles. The highest BCUT2D eigenvalue weighted by molar-refractivity contribution is 6.26. The molecule has 30 heavy (non-hydrogen) atoms. The maximum Gasteiger partial charge on any atom is 0.259 e. The SMILES string of the molecule is CCCOc1ccccc1CCCNC(=O)CN1C(=O)c2cccc3cccc1c23. The summed E-state index contributed by atoms with van der Waals surface area (Å²) in [5.74, 6) is 0.654. The van der Waals surface area contributed by atoms with Crippen LogP contribution in [-0.2, 0) is 11.2 Å². The highest BCUT2D eigenvalue weighted by Crippen LogP contribution is 2.36. The average molecular weight is 402 g/mol. The first-order valence-electron chi connectivity index (χ1n) is 10.5. The minimum atomic E-state index is -0.149. The van der Waals surface area contributed by atoms with Crippen LogP contribution in [0.5, 0.6) is 5.75 Å². The zero-order chi connectivity index (χ0) is 20.9. The van der Waals surface area contributed by atoms with Crippen molar-refractivity contribution < 1.29 is 14.3 Å². The minimum absolute atomic E-state index is 0.0306. The fraction of sp³-hybridized carbons (Fsp3) is 0.280. The van der Waals surface area contributed by atoms with E-state index in [0.29, 0.717) is 18.7 Å². The summed E-state index contributed by atoms with van der Waals surface area (Å²) in [6.07, 6.45) is 2.60. The summed E-state index contributed by atoms with van der Waals surface area (Å²) >= 11 is 0. The van der Waals surface area contributed by atoms with Crippen LogP contribution in [0.1, 0.15) is 35.7 Å². The maximum absolute atomic E-state index is 12.8. The van der Waals surface area contributed by atoms with Crippen molar-refractivity contribution in [1.29, 1.82) is 0 Å². The van der Waals surface area contributed by atoms with Gasteiger partial charge in [0.2, 0.25) is 5.91 Å². The number of nitrogens with one attached hydrogen (secondary N) is 1. The molecule has 0 unspecified atom stereocenters. The van der Waals surface area contributed by atoms with Crippen molar-refractivity contribution in [3.05, 3.63) is 71.8 Å². The van der Waals surface area contributed by atoms with Crippen LogP contribution in [0.15, 0.2) is 60.7 Å². The molecular formula is C25H26N2O3. The van der Waals surface area contributed by atoms with Gasteiger partial charge in [-0.1, -0.05) is 49.4 Å². The van der Waals surface area contributed by atoms with E-state index < -0.39 is 0 Å². The fourth-order valence-corrected chi connectivity index (χ4v) is 3.91. The summed E-state index contributed by atoms with van der Waals surface area (Å²) < 4.78 is 5.79. The van der Waals surface area contributed by atoms with Crippen LogP contribution in [0.25, 0.3) is 10.8 Å². The normalized spacial score (nSPS) is 12.4. The third-order valence-corrected chi connectivity index (χ3v) is 5.33. The Balaban J connectivity index is 1.32. The largest absolute Gasteiger partial charge is 0.493 e. The first kappa shape index (κ1) is 20.0. The summed E-state index contributed by atoms with van der Waals surface area (Å²) in [7, 11) is 0. The van der Waals surface area contributed by atoms with Crippen molar-refractivity contribution in [2.45, 2.75) is 26.2 Å². The molecule has 1 N–H and O–H groups in total. The molecule has 3 aromatic carbocycles. The summed E-state index contributed by atoms with van der Waals surface area (Å²) in [5.41, 5.74) is 2.63. The van der Waals surface area contributed by atoms with E-state index in [2.05, 4.69) is 18.3 Å². The van der Waals surface area contributed by atoms with E-state index >= 15 is 0 Å². The van der Waals surface area contributed by atoms with Crippen molar-refractivity contribution in [2.75, 3.05) is 24.6 Å². The van der Waals surface area contributed by atoms with Gasteiger partial charge in [0.15, 0.2) is 0 Å². The van der Waals surface area contributed by atoms with E-state index in [9.17, 15) is 9.59 Å². The Morgan fingerprint density at radius 3 is 2.67 bits per heavy atom. The van der Waals surface area contributed by atoms with Crippen molar-refractivity contribution in [1.82, 2.24) is 5.32 Å². The number of carbonyl (C=O) groups is 2. The van der Waals surface area contributed by atoms with E-state index in [1.807, 2.05) is 54.6 Å². The Hall–Kier alpha value is -3.34. The van der Waals surface area contributed by atoms with Crippen LogP contribution in [0, 0.1) is 0 Å². The predicted molar refractivity (Wildman–Crippen MR) is 119 cm³/mol. The fourth-order valence-electron chi connectivity index (χ4n) is 3.91. The topological polar surface area (TPSA) is 58.6 Å². The van der Waals surface area contributed by atoms with Crippen molar-refractivity contribution >= 4 is 28.3 Å². The Bertz CT molecular complexity index is 1070. The Morgan fingerprint density at radius 1 is 1.03 bits per heavy atom. The van der Waals surface area contributed by atoms with Gasteiger partial charge in [0.05, 0.1) is 12.3 Å². The van der Waals surface area contributed by atoms with Gasteiger partial charge in [-0.05, 0) is 48.4 Å². The summed E-state index contributed by atoms with van der Waals surface area (Å²) in [4.78, 5) is 26.9. The molecule has 0 spiro atoms. The van der Waals surface area contributed by atoms with Gasteiger partial charge in [-0.3, -0.25) is 14.5 Å². The van der Waals surface area contributed by atoms with Crippen LogP contribution < -0.4 is 15.0 Å². The van der Waals surface area contributed by atoms with Crippen LogP contribution in [0.2, 0.25) is 0 Å². The molecule has 5 nitrogen and oxygen atoms in total. The molecule has 154 valence electrons. The number of ether oxygens (including phenoxy) is 1. The third kappa shape index (κ3) is 4.01. The van der Waals surface area contributed by atoms with Gasteiger partial charge in [-0.15, -0.1) is 0 Å². The smallest absolute Gasteiger partial charge is 0.259 e. The summed E-state index contributed by atoms with van der Waals surface area (Å²) in [6, 6.07) is 19.5. The number of anilines is 1. The molecule has 0 saturated heterocycles. The quantitative estimate of drug-likeness (QED) is 0.542. The molecule has 2 amide bonds. The second-order valence-corrected chi connectivity index (χ2v) is 7.48. The lowest BCUT2D eigenvalue weighted by Crippen LogP contribution is -2.39. The molecule has 4 rings (SSSR count). The molecule has 5 heteroatoms. The van der Waals surface area contributed by atoms with Crippen molar-refractivity contribution in [3.63, 3.8) is 0 Å². The molecule has 1 aliphatic rings. The molecule has 1 aliphatic heterocycles. The average Bonchev–Trinajstić information content (AvgIpc) is 3.04. The molecule has 0 fully saturated rings. The standard InChI is InChI=1S/C25H26N2O3/c1-2-16-30-22-14-4-3-8-18(22)11-7-15-26-23(28)17-27-21-13-6-10-19-9-5-12-20(24(19)21)25(27)29/h3-6,8-10,12-14H,2,7,11,15-17H2,1H3,(H,26,28). The van der Waals surface area contributed by atoms with E-state index in [4.69, 9.17) is 4.74 Å². The van der Waals surface area contributed by atoms with Gasteiger partial charge in [0, 0.05) is 17.5 Å². The summed E-state index contributed by atoms with van der Waals surface area (Å²) in [5, 5.41) is 4.90. The predicted octanol–water partition coefficient (Wildman–Crippen LogP) is 4.34. The number of para-hydroxylation sites is 1. The molecule has 0 aliphatic carbocycles. The number of amides is 2. The molecule has 0 bridgehead atoms. The number of aryl methyl sites for hydroxylation is 1. The number of rotatable bonds is 9. The van der Waals surface area contributed by atoms with Crippen LogP contribution in [0.3, 0.4) is 0 Å². The monoisotopic (exact) mass is 402 g/mol. The highest BCUT2D eigenvalue weighted by atomic mass is 16.5. The molecule has 3 aromatic rings. The first-order valence-corrected chi connectivity index (χ1v) is 10.5. The highest BCUT2D eigenvalue weighted by Gasteiger charge is 2.30. The third-order valence-electron chi connectivity index (χ3n) is 5.33. The molecule has 0 saturated carbocycles. The second kappa shape index (κ2) is 8.99. The van der Waals surface area contributed by atoms with Crippen LogP contribution >= 0.6 is 0 Å². The lowest BCUT2D eigenvalue weighted by Gasteiger charge is -2.17. The Kier molecular flexibility index (Phi) is 5.98.